The molecule has 1 heterocycles. The van der Waals surface area contributed by atoms with E-state index in [2.05, 4.69) is 10.2 Å². The Morgan fingerprint density at radius 3 is 2.72 bits per heavy atom. The summed E-state index contributed by atoms with van der Waals surface area (Å²) in [5.41, 5.74) is 6.79. The van der Waals surface area contributed by atoms with Crippen molar-refractivity contribution in [1.29, 1.82) is 0 Å². The van der Waals surface area contributed by atoms with Crippen LogP contribution >= 0.6 is 0 Å². The molecular weight excluding hydrogens is 232 g/mol. The SMILES string of the molecule is CCn1c(C(N)Cc2ccc(O)cc2)n[nH]c1=O. The summed E-state index contributed by atoms with van der Waals surface area (Å²) < 4.78 is 1.52. The monoisotopic (exact) mass is 248 g/mol. The summed E-state index contributed by atoms with van der Waals surface area (Å²) in [6.45, 7) is 2.40. The van der Waals surface area contributed by atoms with Crippen LogP contribution in [0.3, 0.4) is 0 Å². The van der Waals surface area contributed by atoms with Gasteiger partial charge in [0, 0.05) is 6.54 Å². The summed E-state index contributed by atoms with van der Waals surface area (Å²) in [5, 5.41) is 15.6. The number of phenolic OH excluding ortho intramolecular Hbond substituents is 1. The van der Waals surface area contributed by atoms with Crippen LogP contribution in [0.4, 0.5) is 0 Å². The summed E-state index contributed by atoms with van der Waals surface area (Å²) in [6.07, 6.45) is 0.560. The van der Waals surface area contributed by atoms with Gasteiger partial charge in [-0.2, -0.15) is 5.10 Å². The lowest BCUT2D eigenvalue weighted by atomic mass is 10.1. The van der Waals surface area contributed by atoms with E-state index in [9.17, 15) is 9.90 Å². The molecule has 0 aliphatic rings. The van der Waals surface area contributed by atoms with Crippen molar-refractivity contribution in [2.75, 3.05) is 0 Å². The van der Waals surface area contributed by atoms with Crippen molar-refractivity contribution in [3.05, 3.63) is 46.1 Å². The summed E-state index contributed by atoms with van der Waals surface area (Å²) in [5.74, 6) is 0.771. The van der Waals surface area contributed by atoms with E-state index in [1.165, 1.54) is 4.57 Å². The molecule has 6 heteroatoms. The molecule has 4 N–H and O–H groups in total. The largest absolute Gasteiger partial charge is 0.508 e. The van der Waals surface area contributed by atoms with E-state index in [4.69, 9.17) is 5.73 Å². The van der Waals surface area contributed by atoms with E-state index in [1.807, 2.05) is 6.92 Å². The van der Waals surface area contributed by atoms with Crippen molar-refractivity contribution in [2.45, 2.75) is 25.9 Å². The van der Waals surface area contributed by atoms with Crippen molar-refractivity contribution in [3.63, 3.8) is 0 Å². The Hall–Kier alpha value is -2.08. The maximum absolute atomic E-state index is 11.4. The molecular formula is C12H16N4O2. The Morgan fingerprint density at radius 1 is 1.44 bits per heavy atom. The maximum atomic E-state index is 11.4. The van der Waals surface area contributed by atoms with Crippen LogP contribution in [0.5, 0.6) is 5.75 Å². The fraction of sp³-hybridized carbons (Fsp3) is 0.333. The number of benzene rings is 1. The molecule has 1 aromatic heterocycles. The molecule has 0 aliphatic heterocycles. The molecule has 0 bridgehead atoms. The molecule has 96 valence electrons. The Kier molecular flexibility index (Phi) is 3.47. The van der Waals surface area contributed by atoms with Crippen molar-refractivity contribution in [3.8, 4) is 5.75 Å². The van der Waals surface area contributed by atoms with Crippen LogP contribution in [0.25, 0.3) is 0 Å². The number of nitrogens with one attached hydrogen (secondary N) is 1. The van der Waals surface area contributed by atoms with Gasteiger partial charge < -0.3 is 10.8 Å². The summed E-state index contributed by atoms with van der Waals surface area (Å²) in [4.78, 5) is 11.4. The molecule has 6 nitrogen and oxygen atoms in total. The molecule has 0 saturated carbocycles. The molecule has 1 atom stereocenters. The maximum Gasteiger partial charge on any atom is 0.343 e. The van der Waals surface area contributed by atoms with E-state index in [0.29, 0.717) is 18.8 Å². The first kappa shape index (κ1) is 12.4. The number of nitrogens with zero attached hydrogens (tertiary/aromatic N) is 2. The minimum Gasteiger partial charge on any atom is -0.508 e. The zero-order chi connectivity index (χ0) is 13.1. The number of aromatic hydroxyl groups is 1. The molecule has 0 radical (unpaired) electrons. The molecule has 1 unspecified atom stereocenters. The van der Waals surface area contributed by atoms with Crippen molar-refractivity contribution in [1.82, 2.24) is 14.8 Å². The predicted molar refractivity (Wildman–Crippen MR) is 67.3 cm³/mol. The fourth-order valence-electron chi connectivity index (χ4n) is 1.90. The van der Waals surface area contributed by atoms with Gasteiger partial charge in [0.25, 0.3) is 0 Å². The molecule has 0 spiro atoms. The highest BCUT2D eigenvalue weighted by molar-refractivity contribution is 5.26. The lowest BCUT2D eigenvalue weighted by molar-refractivity contribution is 0.475. The molecule has 0 saturated heterocycles. The second-order valence-corrected chi connectivity index (χ2v) is 4.11. The van der Waals surface area contributed by atoms with Crippen LogP contribution in [0.2, 0.25) is 0 Å². The first-order chi connectivity index (χ1) is 8.61. The number of aromatic amines is 1. The first-order valence-electron chi connectivity index (χ1n) is 5.80. The fourth-order valence-corrected chi connectivity index (χ4v) is 1.90. The van der Waals surface area contributed by atoms with Crippen LogP contribution in [0.15, 0.2) is 29.1 Å². The van der Waals surface area contributed by atoms with Crippen LogP contribution < -0.4 is 11.4 Å². The lowest BCUT2D eigenvalue weighted by Gasteiger charge is -2.11. The van der Waals surface area contributed by atoms with E-state index in [-0.39, 0.29) is 17.5 Å². The normalized spacial score (nSPS) is 12.6. The second-order valence-electron chi connectivity index (χ2n) is 4.11. The van der Waals surface area contributed by atoms with Gasteiger partial charge in [-0.25, -0.2) is 9.89 Å². The second kappa shape index (κ2) is 5.05. The molecule has 1 aromatic carbocycles. The number of aromatic nitrogens is 3. The zero-order valence-electron chi connectivity index (χ0n) is 10.1. The van der Waals surface area contributed by atoms with Gasteiger partial charge in [-0.15, -0.1) is 0 Å². The third kappa shape index (κ3) is 2.43. The Balaban J connectivity index is 2.19. The third-order valence-electron chi connectivity index (χ3n) is 2.83. The molecule has 2 aromatic rings. The van der Waals surface area contributed by atoms with Gasteiger partial charge >= 0.3 is 5.69 Å². The average molecular weight is 248 g/mol. The molecule has 0 amide bonds. The minimum absolute atomic E-state index is 0.220. The Morgan fingerprint density at radius 2 is 2.11 bits per heavy atom. The number of hydrogen-bond acceptors (Lipinski definition) is 4. The number of nitrogens with two attached hydrogens (primary N) is 1. The van der Waals surface area contributed by atoms with Gasteiger partial charge in [-0.05, 0) is 31.0 Å². The van der Waals surface area contributed by atoms with Gasteiger partial charge in [0.05, 0.1) is 6.04 Å². The van der Waals surface area contributed by atoms with Crippen LogP contribution in [-0.2, 0) is 13.0 Å². The van der Waals surface area contributed by atoms with E-state index < -0.39 is 0 Å². The topological polar surface area (TPSA) is 96.9 Å². The van der Waals surface area contributed by atoms with Crippen molar-refractivity contribution in [2.24, 2.45) is 5.73 Å². The number of H-pyrrole nitrogens is 1. The lowest BCUT2D eigenvalue weighted by Crippen LogP contribution is -2.23. The third-order valence-corrected chi connectivity index (χ3v) is 2.83. The number of phenols is 1. The van der Waals surface area contributed by atoms with Gasteiger partial charge in [0.2, 0.25) is 0 Å². The van der Waals surface area contributed by atoms with Crippen molar-refractivity contribution >= 4 is 0 Å². The average Bonchev–Trinajstić information content (AvgIpc) is 2.73. The highest BCUT2D eigenvalue weighted by Crippen LogP contribution is 2.15. The van der Waals surface area contributed by atoms with Gasteiger partial charge in [0.1, 0.15) is 5.75 Å². The quantitative estimate of drug-likeness (QED) is 0.735. The van der Waals surface area contributed by atoms with Crippen molar-refractivity contribution < 1.29 is 5.11 Å². The van der Waals surface area contributed by atoms with E-state index in [1.54, 1.807) is 24.3 Å². The Bertz CT molecular complexity index is 571. The van der Waals surface area contributed by atoms with Crippen LogP contribution in [0.1, 0.15) is 24.4 Å². The number of hydrogen-bond donors (Lipinski definition) is 3. The standard InChI is InChI=1S/C12H16N4O2/c1-2-16-11(14-15-12(16)18)10(13)7-8-3-5-9(17)6-4-8/h3-6,10,17H,2,7,13H2,1H3,(H,15,18). The molecule has 2 rings (SSSR count). The summed E-state index contributed by atoms with van der Waals surface area (Å²) >= 11 is 0. The highest BCUT2D eigenvalue weighted by Gasteiger charge is 2.15. The van der Waals surface area contributed by atoms with Gasteiger partial charge in [-0.3, -0.25) is 4.57 Å². The molecule has 0 aliphatic carbocycles. The van der Waals surface area contributed by atoms with E-state index in [0.717, 1.165) is 5.56 Å². The summed E-state index contributed by atoms with van der Waals surface area (Å²) in [7, 11) is 0. The van der Waals surface area contributed by atoms with Crippen LogP contribution in [0, 0.1) is 0 Å². The first-order valence-corrected chi connectivity index (χ1v) is 5.80. The molecule has 18 heavy (non-hydrogen) atoms. The highest BCUT2D eigenvalue weighted by atomic mass is 16.3. The number of rotatable bonds is 4. The van der Waals surface area contributed by atoms with Gasteiger partial charge in [0.15, 0.2) is 5.82 Å². The van der Waals surface area contributed by atoms with Gasteiger partial charge in [-0.1, -0.05) is 12.1 Å². The van der Waals surface area contributed by atoms with Crippen LogP contribution in [-0.4, -0.2) is 19.9 Å². The van der Waals surface area contributed by atoms with E-state index >= 15 is 0 Å². The predicted octanol–water partition coefficient (Wildman–Crippen LogP) is 0.539. The molecule has 0 fully saturated rings. The smallest absolute Gasteiger partial charge is 0.343 e. The Labute approximate surface area is 104 Å². The minimum atomic E-state index is -0.353. The zero-order valence-corrected chi connectivity index (χ0v) is 10.1. The summed E-state index contributed by atoms with van der Waals surface area (Å²) in [6, 6.07) is 6.47.